The lowest BCUT2D eigenvalue weighted by Gasteiger charge is -2.39. The van der Waals surface area contributed by atoms with Crippen molar-refractivity contribution in [3.63, 3.8) is 0 Å². The number of rotatable bonds is 1. The second kappa shape index (κ2) is 3.67. The Bertz CT molecular complexity index is 297. The van der Waals surface area contributed by atoms with Crippen molar-refractivity contribution in [3.05, 3.63) is 30.1 Å². The fourth-order valence-corrected chi connectivity index (χ4v) is 1.89. The molecule has 0 amide bonds. The van der Waals surface area contributed by atoms with E-state index in [9.17, 15) is 0 Å². The molecule has 1 aromatic rings. The Kier molecular flexibility index (Phi) is 2.52. The molecule has 1 atom stereocenters. The third kappa shape index (κ3) is 1.79. The molecule has 0 spiro atoms. The second-order valence-electron chi connectivity index (χ2n) is 4.19. The Labute approximate surface area is 84.5 Å². The first-order chi connectivity index (χ1) is 6.70. The molecular formula is C11H16N2O. The van der Waals surface area contributed by atoms with Crippen molar-refractivity contribution in [1.82, 2.24) is 10.3 Å². The predicted molar refractivity (Wildman–Crippen MR) is 55.0 cm³/mol. The zero-order valence-electron chi connectivity index (χ0n) is 8.66. The summed E-state index contributed by atoms with van der Waals surface area (Å²) in [6.45, 7) is 6.00. The van der Waals surface area contributed by atoms with Crippen LogP contribution in [-0.4, -0.2) is 23.7 Å². The Balaban J connectivity index is 2.24. The minimum absolute atomic E-state index is 0.0126. The highest BCUT2D eigenvalue weighted by atomic mass is 16.5. The van der Waals surface area contributed by atoms with Crippen molar-refractivity contribution >= 4 is 0 Å². The SMILES string of the molecule is CC1(C)NCCOC1c1cccnc1. The topological polar surface area (TPSA) is 34.1 Å². The van der Waals surface area contributed by atoms with E-state index in [-0.39, 0.29) is 11.6 Å². The molecule has 1 N–H and O–H groups in total. The van der Waals surface area contributed by atoms with Crippen LogP contribution < -0.4 is 5.32 Å². The highest BCUT2D eigenvalue weighted by Gasteiger charge is 2.34. The summed E-state index contributed by atoms with van der Waals surface area (Å²) < 4.78 is 5.78. The van der Waals surface area contributed by atoms with Crippen LogP contribution in [0.15, 0.2) is 24.5 Å². The fourth-order valence-electron chi connectivity index (χ4n) is 1.89. The van der Waals surface area contributed by atoms with E-state index in [1.807, 2.05) is 12.3 Å². The Hall–Kier alpha value is -0.930. The van der Waals surface area contributed by atoms with E-state index in [0.29, 0.717) is 0 Å². The number of aromatic nitrogens is 1. The molecule has 1 aliphatic heterocycles. The Morgan fingerprint density at radius 3 is 3.07 bits per heavy atom. The van der Waals surface area contributed by atoms with Crippen LogP contribution in [0, 0.1) is 0 Å². The van der Waals surface area contributed by atoms with Gasteiger partial charge >= 0.3 is 0 Å². The maximum absolute atomic E-state index is 5.78. The molecule has 0 bridgehead atoms. The van der Waals surface area contributed by atoms with Gasteiger partial charge in [0.1, 0.15) is 6.10 Å². The van der Waals surface area contributed by atoms with Gasteiger partial charge in [0.2, 0.25) is 0 Å². The number of hydrogen-bond acceptors (Lipinski definition) is 3. The van der Waals surface area contributed by atoms with E-state index in [1.54, 1.807) is 6.20 Å². The maximum atomic E-state index is 5.78. The molecule has 2 rings (SSSR count). The Morgan fingerprint density at radius 1 is 1.57 bits per heavy atom. The molecule has 3 heteroatoms. The molecule has 1 aliphatic rings. The maximum Gasteiger partial charge on any atom is 0.102 e. The lowest BCUT2D eigenvalue weighted by atomic mass is 9.91. The highest BCUT2D eigenvalue weighted by molar-refractivity contribution is 5.17. The number of hydrogen-bond donors (Lipinski definition) is 1. The zero-order valence-corrected chi connectivity index (χ0v) is 8.66. The van der Waals surface area contributed by atoms with E-state index >= 15 is 0 Å². The lowest BCUT2D eigenvalue weighted by Crippen LogP contribution is -2.51. The summed E-state index contributed by atoms with van der Waals surface area (Å²) in [6.07, 6.45) is 3.76. The molecule has 0 aliphatic carbocycles. The molecule has 1 fully saturated rings. The van der Waals surface area contributed by atoms with E-state index in [0.717, 1.165) is 18.7 Å². The summed E-state index contributed by atoms with van der Waals surface area (Å²) in [6, 6.07) is 4.01. The van der Waals surface area contributed by atoms with Crippen molar-refractivity contribution in [1.29, 1.82) is 0 Å². The lowest BCUT2D eigenvalue weighted by molar-refractivity contribution is -0.0389. The minimum Gasteiger partial charge on any atom is -0.370 e. The standard InChI is InChI=1S/C11H16N2O/c1-11(2)10(14-7-6-13-11)9-4-3-5-12-8-9/h3-5,8,10,13H,6-7H2,1-2H3. The number of nitrogens with one attached hydrogen (secondary N) is 1. The number of morpholine rings is 1. The molecular weight excluding hydrogens is 176 g/mol. The van der Waals surface area contributed by atoms with Crippen LogP contribution in [-0.2, 0) is 4.74 Å². The molecule has 1 aromatic heterocycles. The van der Waals surface area contributed by atoms with Gasteiger partial charge in [-0.2, -0.15) is 0 Å². The average Bonchev–Trinajstić information content (AvgIpc) is 2.18. The summed E-state index contributed by atoms with van der Waals surface area (Å²) in [5.41, 5.74) is 1.13. The monoisotopic (exact) mass is 192 g/mol. The van der Waals surface area contributed by atoms with Crippen LogP contribution in [0.3, 0.4) is 0 Å². The van der Waals surface area contributed by atoms with Crippen molar-refractivity contribution in [2.24, 2.45) is 0 Å². The first kappa shape index (κ1) is 9.62. The van der Waals surface area contributed by atoms with Crippen LogP contribution >= 0.6 is 0 Å². The zero-order chi connectivity index (χ0) is 10.0. The van der Waals surface area contributed by atoms with Crippen LogP contribution in [0.1, 0.15) is 25.5 Å². The van der Waals surface area contributed by atoms with E-state index in [1.165, 1.54) is 0 Å². The van der Waals surface area contributed by atoms with Crippen LogP contribution in [0.2, 0.25) is 0 Å². The molecule has 0 saturated carbocycles. The van der Waals surface area contributed by atoms with Gasteiger partial charge in [0.05, 0.1) is 6.61 Å². The van der Waals surface area contributed by atoms with Gasteiger partial charge in [0.25, 0.3) is 0 Å². The third-order valence-electron chi connectivity index (χ3n) is 2.61. The van der Waals surface area contributed by atoms with Crippen molar-refractivity contribution < 1.29 is 4.74 Å². The van der Waals surface area contributed by atoms with E-state index in [4.69, 9.17) is 4.74 Å². The number of pyridine rings is 1. The van der Waals surface area contributed by atoms with Crippen molar-refractivity contribution in [2.75, 3.05) is 13.2 Å². The van der Waals surface area contributed by atoms with E-state index < -0.39 is 0 Å². The number of nitrogens with zero attached hydrogens (tertiary/aromatic N) is 1. The Morgan fingerprint density at radius 2 is 2.43 bits per heavy atom. The van der Waals surface area contributed by atoms with Gasteiger partial charge in [-0.1, -0.05) is 6.07 Å². The molecule has 0 aromatic carbocycles. The van der Waals surface area contributed by atoms with Gasteiger partial charge in [-0.25, -0.2) is 0 Å². The third-order valence-corrected chi connectivity index (χ3v) is 2.61. The molecule has 0 radical (unpaired) electrons. The first-order valence-corrected chi connectivity index (χ1v) is 4.97. The van der Waals surface area contributed by atoms with Gasteiger partial charge in [0.15, 0.2) is 0 Å². The van der Waals surface area contributed by atoms with Gasteiger partial charge in [0, 0.05) is 30.0 Å². The van der Waals surface area contributed by atoms with Gasteiger partial charge in [-0.15, -0.1) is 0 Å². The van der Waals surface area contributed by atoms with Gasteiger partial charge in [-0.3, -0.25) is 4.98 Å². The number of ether oxygens (including phenoxy) is 1. The fraction of sp³-hybridized carbons (Fsp3) is 0.545. The molecule has 3 nitrogen and oxygen atoms in total. The van der Waals surface area contributed by atoms with Crippen LogP contribution in [0.25, 0.3) is 0 Å². The molecule has 2 heterocycles. The predicted octanol–water partition coefficient (Wildman–Crippen LogP) is 1.52. The molecule has 1 saturated heterocycles. The summed E-state index contributed by atoms with van der Waals surface area (Å²) in [5.74, 6) is 0. The minimum atomic E-state index is -0.0126. The second-order valence-corrected chi connectivity index (χ2v) is 4.19. The summed E-state index contributed by atoms with van der Waals surface area (Å²) in [4.78, 5) is 4.12. The van der Waals surface area contributed by atoms with Crippen LogP contribution in [0.5, 0.6) is 0 Å². The summed E-state index contributed by atoms with van der Waals surface area (Å²) in [7, 11) is 0. The largest absolute Gasteiger partial charge is 0.370 e. The molecule has 76 valence electrons. The van der Waals surface area contributed by atoms with E-state index in [2.05, 4.69) is 30.2 Å². The van der Waals surface area contributed by atoms with Gasteiger partial charge in [-0.05, 0) is 19.9 Å². The smallest absolute Gasteiger partial charge is 0.102 e. The molecule has 1 unspecified atom stereocenters. The van der Waals surface area contributed by atoms with Crippen LogP contribution in [0.4, 0.5) is 0 Å². The summed E-state index contributed by atoms with van der Waals surface area (Å²) in [5, 5.41) is 3.45. The highest BCUT2D eigenvalue weighted by Crippen LogP contribution is 2.30. The summed E-state index contributed by atoms with van der Waals surface area (Å²) >= 11 is 0. The van der Waals surface area contributed by atoms with Gasteiger partial charge < -0.3 is 10.1 Å². The van der Waals surface area contributed by atoms with Crippen molar-refractivity contribution in [3.8, 4) is 0 Å². The van der Waals surface area contributed by atoms with Crippen molar-refractivity contribution in [2.45, 2.75) is 25.5 Å². The first-order valence-electron chi connectivity index (χ1n) is 4.97. The normalized spacial score (nSPS) is 26.0. The quantitative estimate of drug-likeness (QED) is 0.732. The average molecular weight is 192 g/mol. The molecule has 14 heavy (non-hydrogen) atoms.